The lowest BCUT2D eigenvalue weighted by Crippen LogP contribution is -2.02. The first-order valence-electron chi connectivity index (χ1n) is 9.18. The number of aromatic amines is 1. The van der Waals surface area contributed by atoms with Crippen molar-refractivity contribution in [3.63, 3.8) is 0 Å². The highest BCUT2D eigenvalue weighted by Gasteiger charge is 2.18. The minimum absolute atomic E-state index is 0.254. The lowest BCUT2D eigenvalue weighted by atomic mass is 10.0. The molecule has 0 amide bonds. The number of aromatic nitrogens is 7. The minimum atomic E-state index is 0.254. The van der Waals surface area contributed by atoms with Gasteiger partial charge < -0.3 is 4.52 Å². The van der Waals surface area contributed by atoms with Gasteiger partial charge in [-0.2, -0.15) is 4.98 Å². The number of H-pyrrole nitrogens is 1. The van der Waals surface area contributed by atoms with Gasteiger partial charge in [-0.05, 0) is 28.9 Å². The van der Waals surface area contributed by atoms with Crippen molar-refractivity contribution in [2.45, 2.75) is 6.54 Å². The van der Waals surface area contributed by atoms with E-state index in [-0.39, 0.29) is 5.89 Å². The van der Waals surface area contributed by atoms with Gasteiger partial charge in [0.25, 0.3) is 5.89 Å². The predicted molar refractivity (Wildman–Crippen MR) is 113 cm³/mol. The third-order valence-electron chi connectivity index (χ3n) is 4.57. The highest BCUT2D eigenvalue weighted by Crippen LogP contribution is 2.22. The normalized spacial score (nSPS) is 10.9. The van der Waals surface area contributed by atoms with E-state index in [0.717, 1.165) is 11.1 Å². The molecule has 3 heterocycles. The number of nitrogens with one attached hydrogen (secondary N) is 1. The molecule has 0 unspecified atom stereocenters. The Morgan fingerprint density at radius 2 is 1.77 bits per heavy atom. The monoisotopic (exact) mass is 413 g/mol. The summed E-state index contributed by atoms with van der Waals surface area (Å²) in [4.78, 5) is 12.6. The Kier molecular flexibility index (Phi) is 4.70. The summed E-state index contributed by atoms with van der Waals surface area (Å²) in [6, 6.07) is 18.6. The van der Waals surface area contributed by atoms with Gasteiger partial charge in [-0.3, -0.25) is 14.6 Å². The van der Waals surface area contributed by atoms with Crippen LogP contribution in [-0.2, 0) is 6.54 Å². The first kappa shape index (κ1) is 18.1. The molecule has 1 N–H and O–H groups in total. The van der Waals surface area contributed by atoms with Gasteiger partial charge in [-0.15, -0.1) is 5.10 Å². The van der Waals surface area contributed by atoms with E-state index in [1.807, 2.05) is 22.8 Å². The Balaban J connectivity index is 1.43. The fourth-order valence-corrected chi connectivity index (χ4v) is 3.27. The van der Waals surface area contributed by atoms with Crippen molar-refractivity contribution >= 4 is 12.2 Å². The van der Waals surface area contributed by atoms with Crippen LogP contribution in [0.15, 0.2) is 77.7 Å². The summed E-state index contributed by atoms with van der Waals surface area (Å²) in [5, 5.41) is 11.0. The molecule has 0 radical (unpaired) electrons. The van der Waals surface area contributed by atoms with E-state index in [4.69, 9.17) is 16.7 Å². The molecule has 5 aromatic rings. The topological polar surface area (TPSA) is 98.3 Å². The van der Waals surface area contributed by atoms with Gasteiger partial charge in [-0.25, -0.2) is 4.98 Å². The number of hydrogen-bond donors (Lipinski definition) is 1. The van der Waals surface area contributed by atoms with Crippen molar-refractivity contribution in [3.8, 4) is 34.4 Å². The number of nitrogens with zero attached hydrogens (tertiary/aromatic N) is 6. The summed E-state index contributed by atoms with van der Waals surface area (Å²) in [6.45, 7) is 0.516. The third-order valence-corrected chi connectivity index (χ3v) is 4.88. The molecule has 8 nitrogen and oxygen atoms in total. The fourth-order valence-electron chi connectivity index (χ4n) is 3.08. The molecule has 3 aromatic heterocycles. The number of benzene rings is 2. The number of rotatable bonds is 5. The van der Waals surface area contributed by atoms with Crippen LogP contribution >= 0.6 is 12.2 Å². The van der Waals surface area contributed by atoms with Gasteiger partial charge in [0.1, 0.15) is 5.69 Å². The Morgan fingerprint density at radius 3 is 2.53 bits per heavy atom. The van der Waals surface area contributed by atoms with Crippen LogP contribution in [0, 0.1) is 4.77 Å². The van der Waals surface area contributed by atoms with Crippen LogP contribution in [0.2, 0.25) is 0 Å². The zero-order valence-electron chi connectivity index (χ0n) is 15.6. The molecule has 9 heteroatoms. The van der Waals surface area contributed by atoms with Gasteiger partial charge in [0.15, 0.2) is 4.77 Å². The highest BCUT2D eigenvalue weighted by atomic mass is 32.1. The van der Waals surface area contributed by atoms with Crippen molar-refractivity contribution in [3.05, 3.63) is 83.5 Å². The van der Waals surface area contributed by atoms with Crippen molar-refractivity contribution in [2.24, 2.45) is 0 Å². The summed E-state index contributed by atoms with van der Waals surface area (Å²) in [5.41, 5.74) is 3.92. The van der Waals surface area contributed by atoms with Crippen LogP contribution in [0.25, 0.3) is 34.4 Å². The van der Waals surface area contributed by atoms with Gasteiger partial charge in [0, 0.05) is 12.4 Å². The SMILES string of the molecule is S=c1[nH]nc(-c2nc(-c3cnccn3)no2)n1Cc1ccc(-c2ccccc2)cc1. The Bertz CT molecular complexity index is 1330. The van der Waals surface area contributed by atoms with Crippen LogP contribution in [0.4, 0.5) is 0 Å². The molecule has 0 bridgehead atoms. The molecule has 0 atom stereocenters. The summed E-state index contributed by atoms with van der Waals surface area (Å²) in [5.74, 6) is 1.06. The highest BCUT2D eigenvalue weighted by molar-refractivity contribution is 7.71. The van der Waals surface area contributed by atoms with Crippen molar-refractivity contribution in [2.75, 3.05) is 0 Å². The molecule has 146 valence electrons. The molecule has 0 aliphatic rings. The van der Waals surface area contributed by atoms with Crippen molar-refractivity contribution in [1.82, 2.24) is 34.9 Å². The smallest absolute Gasteiger partial charge is 0.296 e. The standard InChI is InChI=1S/C21H15N7OS/c30-21-26-25-19(20-24-18(27-29-20)17-12-22-10-11-23-17)28(21)13-14-6-8-16(9-7-14)15-4-2-1-3-5-15/h1-12H,13H2,(H,26,30). The molecule has 30 heavy (non-hydrogen) atoms. The van der Waals surface area contributed by atoms with Gasteiger partial charge >= 0.3 is 0 Å². The van der Waals surface area contributed by atoms with Gasteiger partial charge in [0.05, 0.1) is 12.7 Å². The molecule has 0 spiro atoms. The lowest BCUT2D eigenvalue weighted by Gasteiger charge is -2.06. The average molecular weight is 413 g/mol. The average Bonchev–Trinajstić information content (AvgIpc) is 3.43. The predicted octanol–water partition coefficient (Wildman–Crippen LogP) is 4.16. The van der Waals surface area contributed by atoms with E-state index < -0.39 is 0 Å². The lowest BCUT2D eigenvalue weighted by molar-refractivity contribution is 0.427. The molecule has 0 aliphatic carbocycles. The maximum atomic E-state index is 5.41. The van der Waals surface area contributed by atoms with Crippen LogP contribution in [0.1, 0.15) is 5.56 Å². The second kappa shape index (κ2) is 7.80. The molecule has 0 saturated heterocycles. The maximum absolute atomic E-state index is 5.41. The Morgan fingerprint density at radius 1 is 0.967 bits per heavy atom. The summed E-state index contributed by atoms with van der Waals surface area (Å²) in [7, 11) is 0. The van der Waals surface area contributed by atoms with E-state index in [1.54, 1.807) is 18.6 Å². The van der Waals surface area contributed by atoms with E-state index in [1.165, 1.54) is 5.56 Å². The van der Waals surface area contributed by atoms with E-state index in [9.17, 15) is 0 Å². The Hall–Kier alpha value is -3.98. The van der Waals surface area contributed by atoms with Crippen LogP contribution in [0.5, 0.6) is 0 Å². The molecule has 0 fully saturated rings. The number of hydrogen-bond acceptors (Lipinski definition) is 7. The fraction of sp³-hybridized carbons (Fsp3) is 0.0476. The second-order valence-corrected chi connectivity index (χ2v) is 6.90. The molecular weight excluding hydrogens is 398 g/mol. The summed E-state index contributed by atoms with van der Waals surface area (Å²) in [6.07, 6.45) is 4.72. The molecule has 2 aromatic carbocycles. The van der Waals surface area contributed by atoms with E-state index in [0.29, 0.717) is 28.7 Å². The Labute approximate surface area is 176 Å². The van der Waals surface area contributed by atoms with E-state index in [2.05, 4.69) is 66.7 Å². The zero-order valence-corrected chi connectivity index (χ0v) is 16.5. The van der Waals surface area contributed by atoms with Crippen LogP contribution < -0.4 is 0 Å². The molecule has 0 saturated carbocycles. The zero-order chi connectivity index (χ0) is 20.3. The molecule has 5 rings (SSSR count). The first-order chi connectivity index (χ1) is 14.8. The largest absolute Gasteiger partial charge is 0.330 e. The van der Waals surface area contributed by atoms with Crippen molar-refractivity contribution < 1.29 is 4.52 Å². The summed E-state index contributed by atoms with van der Waals surface area (Å²) >= 11 is 5.41. The first-order valence-corrected chi connectivity index (χ1v) is 9.59. The van der Waals surface area contributed by atoms with Crippen LogP contribution in [0.3, 0.4) is 0 Å². The third kappa shape index (κ3) is 3.53. The summed E-state index contributed by atoms with van der Waals surface area (Å²) < 4.78 is 7.68. The van der Waals surface area contributed by atoms with Crippen molar-refractivity contribution in [1.29, 1.82) is 0 Å². The van der Waals surface area contributed by atoms with Gasteiger partial charge in [0.2, 0.25) is 11.6 Å². The van der Waals surface area contributed by atoms with Gasteiger partial charge in [-0.1, -0.05) is 59.8 Å². The molecular formula is C21H15N7OS. The quantitative estimate of drug-likeness (QED) is 0.432. The maximum Gasteiger partial charge on any atom is 0.296 e. The minimum Gasteiger partial charge on any atom is -0.330 e. The van der Waals surface area contributed by atoms with Crippen LogP contribution in [-0.4, -0.2) is 34.9 Å². The second-order valence-electron chi connectivity index (χ2n) is 6.52. The molecule has 0 aliphatic heterocycles. The van der Waals surface area contributed by atoms with E-state index >= 15 is 0 Å².